The summed E-state index contributed by atoms with van der Waals surface area (Å²) in [5, 5.41) is 20.5. The number of likely N-dealkylation sites (tertiary alicyclic amines) is 2. The van der Waals surface area contributed by atoms with E-state index in [2.05, 4.69) is 9.80 Å². The van der Waals surface area contributed by atoms with Gasteiger partial charge >= 0.3 is 0 Å². The van der Waals surface area contributed by atoms with Gasteiger partial charge in [-0.1, -0.05) is 6.42 Å². The van der Waals surface area contributed by atoms with E-state index in [1.54, 1.807) is 0 Å². The van der Waals surface area contributed by atoms with Gasteiger partial charge in [-0.25, -0.2) is 0 Å². The Bertz CT molecular complexity index is 325. The molecule has 0 amide bonds. The topological polar surface area (TPSA) is 46.9 Å². The Hall–Kier alpha value is -0.160. The lowest BCUT2D eigenvalue weighted by Crippen LogP contribution is -2.46. The van der Waals surface area contributed by atoms with E-state index in [1.165, 1.54) is 32.1 Å². The van der Waals surface area contributed by atoms with Crippen molar-refractivity contribution in [2.45, 2.75) is 95.9 Å². The number of hydrogen-bond acceptors (Lipinski definition) is 4. The van der Waals surface area contributed by atoms with E-state index in [0.29, 0.717) is 12.1 Å². The first-order chi connectivity index (χ1) is 10.7. The van der Waals surface area contributed by atoms with Crippen LogP contribution in [0.5, 0.6) is 0 Å². The lowest BCUT2D eigenvalue weighted by molar-refractivity contribution is -0.00456. The van der Waals surface area contributed by atoms with Crippen LogP contribution in [0, 0.1) is 0 Å². The van der Waals surface area contributed by atoms with Gasteiger partial charge in [0.25, 0.3) is 0 Å². The molecule has 136 valence electrons. The summed E-state index contributed by atoms with van der Waals surface area (Å²) in [6, 6.07) is 0.668. The number of unbranched alkanes of at least 4 members (excludes halogenated alkanes) is 2. The zero-order valence-corrected chi connectivity index (χ0v) is 15.7. The third-order valence-electron chi connectivity index (χ3n) is 5.75. The van der Waals surface area contributed by atoms with Crippen LogP contribution in [0.3, 0.4) is 0 Å². The predicted octanol–water partition coefficient (Wildman–Crippen LogP) is 2.63. The molecule has 0 aromatic rings. The number of hydrogen-bond donors (Lipinski definition) is 2. The van der Waals surface area contributed by atoms with Gasteiger partial charge in [0.2, 0.25) is 0 Å². The second-order valence-corrected chi connectivity index (χ2v) is 8.76. The maximum Gasteiger partial charge on any atom is 0.0746 e. The number of rotatable bonds is 8. The fraction of sp³-hybridized carbons (Fsp3) is 1.00. The molecule has 0 aromatic carbocycles. The minimum atomic E-state index is -0.577. The van der Waals surface area contributed by atoms with E-state index in [9.17, 15) is 10.2 Å². The lowest BCUT2D eigenvalue weighted by atomic mass is 9.96. The molecule has 2 heterocycles. The molecule has 2 aliphatic heterocycles. The largest absolute Gasteiger partial charge is 0.389 e. The molecule has 2 atom stereocenters. The van der Waals surface area contributed by atoms with Gasteiger partial charge in [0.15, 0.2) is 0 Å². The molecule has 4 heteroatoms. The third kappa shape index (κ3) is 5.42. The third-order valence-corrected chi connectivity index (χ3v) is 5.75. The first-order valence-corrected chi connectivity index (χ1v) is 9.62. The molecule has 2 rings (SSSR count). The molecule has 0 aliphatic carbocycles. The molecule has 2 fully saturated rings. The molecule has 2 saturated heterocycles. The quantitative estimate of drug-likeness (QED) is 0.673. The minimum absolute atomic E-state index is 0.334. The Labute approximate surface area is 142 Å². The highest BCUT2D eigenvalue weighted by atomic mass is 16.3. The van der Waals surface area contributed by atoms with Crippen LogP contribution in [0.25, 0.3) is 0 Å². The summed E-state index contributed by atoms with van der Waals surface area (Å²) in [6.07, 6.45) is 8.37. The van der Waals surface area contributed by atoms with Crippen LogP contribution >= 0.6 is 0 Å². The van der Waals surface area contributed by atoms with E-state index in [4.69, 9.17) is 0 Å². The molecule has 23 heavy (non-hydrogen) atoms. The van der Waals surface area contributed by atoms with E-state index in [-0.39, 0.29) is 0 Å². The highest BCUT2D eigenvalue weighted by molar-refractivity contribution is 4.91. The molecule has 0 aromatic heterocycles. The maximum atomic E-state index is 10.3. The summed E-state index contributed by atoms with van der Waals surface area (Å²) in [4.78, 5) is 4.96. The molecule has 2 N–H and O–H groups in total. The first kappa shape index (κ1) is 19.2. The Morgan fingerprint density at radius 3 is 1.48 bits per heavy atom. The normalized spacial score (nSPS) is 27.9. The molecule has 2 unspecified atom stereocenters. The van der Waals surface area contributed by atoms with Crippen molar-refractivity contribution in [3.8, 4) is 0 Å². The van der Waals surface area contributed by atoms with Crippen molar-refractivity contribution in [2.24, 2.45) is 0 Å². The molecule has 0 bridgehead atoms. The average molecular weight is 327 g/mol. The number of aliphatic hydroxyl groups is 2. The van der Waals surface area contributed by atoms with Gasteiger partial charge in [-0.2, -0.15) is 0 Å². The van der Waals surface area contributed by atoms with Crippen LogP contribution in [0.15, 0.2) is 0 Å². The lowest BCUT2D eigenvalue weighted by Gasteiger charge is -2.34. The van der Waals surface area contributed by atoms with Crippen LogP contribution in [-0.2, 0) is 0 Å². The summed E-state index contributed by atoms with van der Waals surface area (Å²) in [7, 11) is 0. The van der Waals surface area contributed by atoms with E-state index in [1.807, 2.05) is 27.7 Å². The molecule has 2 aliphatic rings. The van der Waals surface area contributed by atoms with Gasteiger partial charge in [0.1, 0.15) is 0 Å². The standard InChI is InChI=1S/C19H38N2O2/c1-18(2,22)16-10-8-14-20(16)12-6-5-7-13-21-15-9-11-17(21)19(3,4)23/h16-17,22-23H,5-15H2,1-4H3. The first-order valence-electron chi connectivity index (χ1n) is 9.62. The Morgan fingerprint density at radius 2 is 1.13 bits per heavy atom. The van der Waals surface area contributed by atoms with Crippen LogP contribution in [-0.4, -0.2) is 69.5 Å². The van der Waals surface area contributed by atoms with Gasteiger partial charge in [0, 0.05) is 12.1 Å². The minimum Gasteiger partial charge on any atom is -0.389 e. The Balaban J connectivity index is 1.64. The van der Waals surface area contributed by atoms with Crippen molar-refractivity contribution < 1.29 is 10.2 Å². The zero-order chi connectivity index (χ0) is 17.1. The summed E-state index contributed by atoms with van der Waals surface area (Å²) in [5.74, 6) is 0. The fourth-order valence-corrected chi connectivity index (χ4v) is 4.59. The molecule has 0 radical (unpaired) electrons. The average Bonchev–Trinajstić information content (AvgIpc) is 3.04. The number of nitrogens with zero attached hydrogens (tertiary/aromatic N) is 2. The second kappa shape index (κ2) is 7.81. The van der Waals surface area contributed by atoms with E-state index < -0.39 is 11.2 Å². The molecular weight excluding hydrogens is 288 g/mol. The van der Waals surface area contributed by atoms with Crippen LogP contribution in [0.1, 0.15) is 72.6 Å². The summed E-state index contributed by atoms with van der Waals surface area (Å²) >= 11 is 0. The van der Waals surface area contributed by atoms with Crippen molar-refractivity contribution in [3.05, 3.63) is 0 Å². The van der Waals surface area contributed by atoms with E-state index >= 15 is 0 Å². The highest BCUT2D eigenvalue weighted by Crippen LogP contribution is 2.28. The van der Waals surface area contributed by atoms with Gasteiger partial charge in [-0.05, 0) is 92.4 Å². The summed E-state index contributed by atoms with van der Waals surface area (Å²) in [6.45, 7) is 12.3. The van der Waals surface area contributed by atoms with Crippen LogP contribution in [0.2, 0.25) is 0 Å². The van der Waals surface area contributed by atoms with Gasteiger partial charge in [0.05, 0.1) is 11.2 Å². The molecule has 4 nitrogen and oxygen atoms in total. The smallest absolute Gasteiger partial charge is 0.0746 e. The van der Waals surface area contributed by atoms with Crippen molar-refractivity contribution in [2.75, 3.05) is 26.2 Å². The SMILES string of the molecule is CC(C)(O)C1CCCN1CCCCCN1CCCC1C(C)(C)O. The Kier molecular flexibility index (Phi) is 6.51. The van der Waals surface area contributed by atoms with Gasteiger partial charge < -0.3 is 10.2 Å². The van der Waals surface area contributed by atoms with Crippen molar-refractivity contribution >= 4 is 0 Å². The van der Waals surface area contributed by atoms with Crippen LogP contribution in [0.4, 0.5) is 0 Å². The maximum absolute atomic E-state index is 10.3. The summed E-state index contributed by atoms with van der Waals surface area (Å²) < 4.78 is 0. The van der Waals surface area contributed by atoms with Crippen LogP contribution < -0.4 is 0 Å². The van der Waals surface area contributed by atoms with Crippen molar-refractivity contribution in [3.63, 3.8) is 0 Å². The molecule has 0 saturated carbocycles. The summed E-state index contributed by atoms with van der Waals surface area (Å²) in [5.41, 5.74) is -1.15. The Morgan fingerprint density at radius 1 is 0.739 bits per heavy atom. The zero-order valence-electron chi connectivity index (χ0n) is 15.7. The van der Waals surface area contributed by atoms with Crippen molar-refractivity contribution in [1.82, 2.24) is 9.80 Å². The predicted molar refractivity (Wildman–Crippen MR) is 95.6 cm³/mol. The molecule has 0 spiro atoms. The monoisotopic (exact) mass is 326 g/mol. The fourth-order valence-electron chi connectivity index (χ4n) is 4.59. The second-order valence-electron chi connectivity index (χ2n) is 8.76. The molecular formula is C19H38N2O2. The van der Waals surface area contributed by atoms with Crippen molar-refractivity contribution in [1.29, 1.82) is 0 Å². The highest BCUT2D eigenvalue weighted by Gasteiger charge is 2.36. The van der Waals surface area contributed by atoms with Gasteiger partial charge in [-0.15, -0.1) is 0 Å². The van der Waals surface area contributed by atoms with E-state index in [0.717, 1.165) is 39.0 Å². The van der Waals surface area contributed by atoms with Gasteiger partial charge in [-0.3, -0.25) is 9.80 Å².